The van der Waals surface area contributed by atoms with E-state index in [2.05, 4.69) is 19.9 Å². The fourth-order valence-corrected chi connectivity index (χ4v) is 1.93. The molecule has 0 aromatic carbocycles. The van der Waals surface area contributed by atoms with Crippen molar-refractivity contribution in [1.82, 2.24) is 15.2 Å². The molecular formula is C8H8N4O2S. The molecule has 2 aromatic heterocycles. The molecule has 0 bridgehead atoms. The molecule has 0 radical (unpaired) electrons. The number of rotatable bonds is 3. The van der Waals surface area contributed by atoms with Crippen molar-refractivity contribution in [2.45, 2.75) is 5.03 Å². The van der Waals surface area contributed by atoms with E-state index in [1.165, 1.54) is 18.5 Å². The van der Waals surface area contributed by atoms with E-state index >= 15 is 0 Å². The predicted molar refractivity (Wildman–Crippen MR) is 53.6 cm³/mol. The van der Waals surface area contributed by atoms with Gasteiger partial charge in [0.25, 0.3) is 10.0 Å². The first-order chi connectivity index (χ1) is 7.18. The summed E-state index contributed by atoms with van der Waals surface area (Å²) in [7, 11) is -3.60. The number of H-pyrrole nitrogens is 1. The van der Waals surface area contributed by atoms with E-state index in [1.807, 2.05) is 0 Å². The van der Waals surface area contributed by atoms with Gasteiger partial charge in [0.1, 0.15) is 5.82 Å². The fourth-order valence-electron chi connectivity index (χ4n) is 1.01. The van der Waals surface area contributed by atoms with Crippen molar-refractivity contribution in [2.24, 2.45) is 0 Å². The zero-order valence-corrected chi connectivity index (χ0v) is 8.40. The fraction of sp³-hybridized carbons (Fsp3) is 0. The van der Waals surface area contributed by atoms with Gasteiger partial charge in [-0.1, -0.05) is 6.07 Å². The van der Waals surface area contributed by atoms with Crippen LogP contribution in [0.15, 0.2) is 41.7 Å². The smallest absolute Gasteiger partial charge is 0.266 e. The van der Waals surface area contributed by atoms with Crippen molar-refractivity contribution >= 4 is 15.8 Å². The highest BCUT2D eigenvalue weighted by Crippen LogP contribution is 2.09. The average molecular weight is 224 g/mol. The van der Waals surface area contributed by atoms with Crippen molar-refractivity contribution in [3.8, 4) is 0 Å². The molecule has 0 amide bonds. The molecule has 6 nitrogen and oxygen atoms in total. The Morgan fingerprint density at radius 1 is 1.20 bits per heavy atom. The maximum absolute atomic E-state index is 11.6. The van der Waals surface area contributed by atoms with Crippen LogP contribution >= 0.6 is 0 Å². The van der Waals surface area contributed by atoms with Crippen LogP contribution in [0.5, 0.6) is 0 Å². The number of nitrogens with one attached hydrogen (secondary N) is 2. The summed E-state index contributed by atoms with van der Waals surface area (Å²) < 4.78 is 25.6. The van der Waals surface area contributed by atoms with Crippen LogP contribution < -0.4 is 4.72 Å². The van der Waals surface area contributed by atoms with Crippen LogP contribution in [0.2, 0.25) is 0 Å². The van der Waals surface area contributed by atoms with Gasteiger partial charge in [-0.2, -0.15) is 13.5 Å². The summed E-state index contributed by atoms with van der Waals surface area (Å²) in [5.41, 5.74) is 0. The molecule has 15 heavy (non-hydrogen) atoms. The molecule has 78 valence electrons. The van der Waals surface area contributed by atoms with Gasteiger partial charge in [0, 0.05) is 6.20 Å². The van der Waals surface area contributed by atoms with Gasteiger partial charge >= 0.3 is 0 Å². The Hall–Kier alpha value is -1.89. The summed E-state index contributed by atoms with van der Waals surface area (Å²) in [6, 6.07) is 6.32. The molecule has 0 saturated carbocycles. The molecule has 0 aliphatic carbocycles. The first-order valence-electron chi connectivity index (χ1n) is 4.12. The molecule has 0 atom stereocenters. The van der Waals surface area contributed by atoms with Crippen LogP contribution in [0.4, 0.5) is 5.82 Å². The Kier molecular flexibility index (Phi) is 2.38. The Morgan fingerprint density at radius 2 is 2.07 bits per heavy atom. The first-order valence-corrected chi connectivity index (χ1v) is 5.60. The number of hydrogen-bond acceptors (Lipinski definition) is 4. The summed E-state index contributed by atoms with van der Waals surface area (Å²) in [6.45, 7) is 0. The van der Waals surface area contributed by atoms with Gasteiger partial charge < -0.3 is 0 Å². The number of nitrogens with zero attached hydrogens (tertiary/aromatic N) is 2. The number of pyridine rings is 1. The lowest BCUT2D eigenvalue weighted by atomic mass is 10.5. The molecular weight excluding hydrogens is 216 g/mol. The molecule has 0 aliphatic rings. The van der Waals surface area contributed by atoms with E-state index in [1.54, 1.807) is 18.2 Å². The van der Waals surface area contributed by atoms with Gasteiger partial charge in [0.15, 0.2) is 5.03 Å². The van der Waals surface area contributed by atoms with Crippen LogP contribution in [0, 0.1) is 0 Å². The first kappa shape index (κ1) is 9.66. The molecule has 2 N–H and O–H groups in total. The van der Waals surface area contributed by atoms with Crippen LogP contribution in [0.1, 0.15) is 0 Å². The molecule has 0 unspecified atom stereocenters. The van der Waals surface area contributed by atoms with Crippen LogP contribution in [-0.4, -0.2) is 23.6 Å². The van der Waals surface area contributed by atoms with E-state index in [9.17, 15) is 8.42 Å². The largest absolute Gasteiger partial charge is 0.279 e. The summed E-state index contributed by atoms with van der Waals surface area (Å²) in [5.74, 6) is 0.270. The highest BCUT2D eigenvalue weighted by atomic mass is 32.2. The lowest BCUT2D eigenvalue weighted by Crippen LogP contribution is -2.14. The zero-order valence-electron chi connectivity index (χ0n) is 7.58. The second-order valence-corrected chi connectivity index (χ2v) is 4.39. The minimum atomic E-state index is -3.60. The Morgan fingerprint density at radius 3 is 2.67 bits per heavy atom. The average Bonchev–Trinajstić information content (AvgIpc) is 2.71. The van der Waals surface area contributed by atoms with Crippen molar-refractivity contribution in [3.05, 3.63) is 36.7 Å². The van der Waals surface area contributed by atoms with Gasteiger partial charge in [-0.25, -0.2) is 4.98 Å². The van der Waals surface area contributed by atoms with E-state index in [4.69, 9.17) is 0 Å². The highest BCUT2D eigenvalue weighted by Gasteiger charge is 2.15. The summed E-state index contributed by atoms with van der Waals surface area (Å²) in [4.78, 5) is 3.85. The second kappa shape index (κ2) is 3.70. The lowest BCUT2D eigenvalue weighted by molar-refractivity contribution is 0.597. The molecule has 0 spiro atoms. The van der Waals surface area contributed by atoms with Crippen molar-refractivity contribution in [1.29, 1.82) is 0 Å². The summed E-state index contributed by atoms with van der Waals surface area (Å²) in [5, 5.41) is 5.94. The Labute approximate surface area is 86.4 Å². The number of sulfonamides is 1. The minimum Gasteiger partial charge on any atom is -0.266 e. The third-order valence-electron chi connectivity index (χ3n) is 1.67. The Balaban J connectivity index is 2.27. The molecule has 0 fully saturated rings. The van der Waals surface area contributed by atoms with E-state index in [0.717, 1.165) is 0 Å². The topological polar surface area (TPSA) is 87.7 Å². The molecule has 0 saturated heterocycles. The SMILES string of the molecule is O=S(=O)(Nc1ccccn1)c1ccn[nH]1. The number of aromatic nitrogens is 3. The Bertz CT molecular complexity index is 521. The molecule has 2 rings (SSSR count). The lowest BCUT2D eigenvalue weighted by Gasteiger charge is -2.03. The van der Waals surface area contributed by atoms with Crippen molar-refractivity contribution in [2.75, 3.05) is 4.72 Å². The number of hydrogen-bond donors (Lipinski definition) is 2. The van der Waals surface area contributed by atoms with E-state index in [0.29, 0.717) is 0 Å². The van der Waals surface area contributed by atoms with Crippen molar-refractivity contribution in [3.63, 3.8) is 0 Å². The standard InChI is InChI=1S/C8H8N4O2S/c13-15(14,8-4-6-10-11-8)12-7-3-1-2-5-9-7/h1-6H,(H,9,12)(H,10,11). The zero-order chi connectivity index (χ0) is 10.7. The van der Waals surface area contributed by atoms with Gasteiger partial charge in [-0.3, -0.25) is 9.82 Å². The third kappa shape index (κ3) is 2.13. The molecule has 2 heterocycles. The maximum atomic E-state index is 11.6. The summed E-state index contributed by atoms with van der Waals surface area (Å²) >= 11 is 0. The highest BCUT2D eigenvalue weighted by molar-refractivity contribution is 7.92. The van der Waals surface area contributed by atoms with E-state index in [-0.39, 0.29) is 10.8 Å². The van der Waals surface area contributed by atoms with Crippen LogP contribution in [0.25, 0.3) is 0 Å². The predicted octanol–water partition coefficient (Wildman–Crippen LogP) is 0.605. The normalized spacial score (nSPS) is 11.2. The quantitative estimate of drug-likeness (QED) is 0.799. The monoisotopic (exact) mass is 224 g/mol. The molecule has 7 heteroatoms. The molecule has 0 aliphatic heterocycles. The minimum absolute atomic E-state index is 0.00755. The number of anilines is 1. The van der Waals surface area contributed by atoms with E-state index < -0.39 is 10.0 Å². The van der Waals surface area contributed by atoms with Gasteiger partial charge in [-0.15, -0.1) is 0 Å². The van der Waals surface area contributed by atoms with Crippen molar-refractivity contribution < 1.29 is 8.42 Å². The van der Waals surface area contributed by atoms with Gasteiger partial charge in [-0.05, 0) is 18.2 Å². The van der Waals surface area contributed by atoms with Gasteiger partial charge in [0.05, 0.1) is 6.20 Å². The number of aromatic amines is 1. The van der Waals surface area contributed by atoms with Crippen LogP contribution in [-0.2, 0) is 10.0 Å². The van der Waals surface area contributed by atoms with Gasteiger partial charge in [0.2, 0.25) is 0 Å². The summed E-state index contributed by atoms with van der Waals surface area (Å²) in [6.07, 6.45) is 2.87. The third-order valence-corrected chi connectivity index (χ3v) is 2.95. The van der Waals surface area contributed by atoms with Crippen LogP contribution in [0.3, 0.4) is 0 Å². The second-order valence-electron chi connectivity index (χ2n) is 2.74. The molecule has 2 aromatic rings. The maximum Gasteiger partial charge on any atom is 0.279 e.